The monoisotopic (exact) mass is 399 g/mol. The highest BCUT2D eigenvalue weighted by Crippen LogP contribution is 2.30. The van der Waals surface area contributed by atoms with Crippen LogP contribution in [0.5, 0.6) is 0 Å². The van der Waals surface area contributed by atoms with Crippen LogP contribution in [0.3, 0.4) is 0 Å². The van der Waals surface area contributed by atoms with Gasteiger partial charge < -0.3 is 10.7 Å². The number of nitrogens with zero attached hydrogens (tertiary/aromatic N) is 3. The van der Waals surface area contributed by atoms with Crippen LogP contribution in [0.2, 0.25) is 0 Å². The molecule has 0 radical (unpaired) electrons. The average molecular weight is 400 g/mol. The molecule has 144 valence electrons. The lowest BCUT2D eigenvalue weighted by Gasteiger charge is -2.15. The molecule has 6 heteroatoms. The van der Waals surface area contributed by atoms with Crippen molar-refractivity contribution < 1.29 is 0 Å². The number of hydrogen-bond donors (Lipinski definition) is 3. The van der Waals surface area contributed by atoms with E-state index in [4.69, 9.17) is 5.41 Å². The molecule has 0 unspecified atom stereocenters. The van der Waals surface area contributed by atoms with E-state index in [9.17, 15) is 0 Å². The molecule has 0 bridgehead atoms. The van der Waals surface area contributed by atoms with E-state index in [1.807, 2.05) is 66.2 Å². The Bertz CT molecular complexity index is 1130. The van der Waals surface area contributed by atoms with Crippen molar-refractivity contribution >= 4 is 29.7 Å². The van der Waals surface area contributed by atoms with Gasteiger partial charge in [-0.2, -0.15) is 5.10 Å². The van der Waals surface area contributed by atoms with Crippen molar-refractivity contribution in [2.75, 3.05) is 5.32 Å². The van der Waals surface area contributed by atoms with Gasteiger partial charge >= 0.3 is 0 Å². The molecule has 0 aliphatic carbocycles. The van der Waals surface area contributed by atoms with Crippen molar-refractivity contribution in [3.63, 3.8) is 0 Å². The molecule has 2 aromatic heterocycles. The Morgan fingerprint density at radius 3 is 2.62 bits per heavy atom. The number of nitrogens with one attached hydrogen (secondary N) is 2. The van der Waals surface area contributed by atoms with Gasteiger partial charge in [-0.05, 0) is 55.0 Å². The first kappa shape index (κ1) is 19.0. The van der Waals surface area contributed by atoms with Crippen LogP contribution < -0.4 is 5.32 Å². The molecule has 2 aromatic carbocycles. The summed E-state index contributed by atoms with van der Waals surface area (Å²) in [5.74, 6) is 0. The third-order valence-corrected chi connectivity index (χ3v) is 4.97. The van der Waals surface area contributed by atoms with Crippen LogP contribution in [0.25, 0.3) is 16.9 Å². The van der Waals surface area contributed by atoms with Gasteiger partial charge in [0.05, 0.1) is 29.5 Å². The molecule has 0 saturated heterocycles. The molecule has 29 heavy (non-hydrogen) atoms. The third kappa shape index (κ3) is 4.07. The van der Waals surface area contributed by atoms with Gasteiger partial charge in [-0.1, -0.05) is 19.1 Å². The molecular formula is C23H21N5S. The summed E-state index contributed by atoms with van der Waals surface area (Å²) in [5.41, 5.74) is 6.17. The number of thiol groups is 1. The van der Waals surface area contributed by atoms with E-state index in [1.165, 1.54) is 0 Å². The van der Waals surface area contributed by atoms with Crippen LogP contribution in [0, 0.1) is 5.41 Å². The van der Waals surface area contributed by atoms with Crippen molar-refractivity contribution in [2.24, 2.45) is 0 Å². The first-order valence-corrected chi connectivity index (χ1v) is 9.83. The zero-order valence-corrected chi connectivity index (χ0v) is 16.9. The quantitative estimate of drug-likeness (QED) is 0.286. The number of anilines is 2. The molecule has 0 aliphatic heterocycles. The minimum absolute atomic E-state index is 0.584. The molecule has 0 aliphatic rings. The minimum atomic E-state index is 0.584. The SMILES string of the molecule is CCC(=N)c1ccc(-c2ccnn2-c2ccc(S)cc2)cc1Nc1cccnc1. The number of rotatable bonds is 6. The highest BCUT2D eigenvalue weighted by atomic mass is 32.1. The molecule has 4 rings (SSSR count). The number of benzene rings is 2. The topological polar surface area (TPSA) is 66.6 Å². The minimum Gasteiger partial charge on any atom is -0.354 e. The second kappa shape index (κ2) is 8.32. The highest BCUT2D eigenvalue weighted by molar-refractivity contribution is 7.80. The van der Waals surface area contributed by atoms with Crippen LogP contribution in [0.1, 0.15) is 18.9 Å². The fraction of sp³-hybridized carbons (Fsp3) is 0.0870. The van der Waals surface area contributed by atoms with E-state index in [-0.39, 0.29) is 0 Å². The van der Waals surface area contributed by atoms with Crippen LogP contribution in [-0.4, -0.2) is 20.5 Å². The molecule has 0 saturated carbocycles. The maximum atomic E-state index is 8.35. The maximum Gasteiger partial charge on any atom is 0.0741 e. The first-order valence-electron chi connectivity index (χ1n) is 9.38. The molecule has 2 heterocycles. The van der Waals surface area contributed by atoms with Crippen molar-refractivity contribution in [1.82, 2.24) is 14.8 Å². The Hall–Kier alpha value is -3.38. The van der Waals surface area contributed by atoms with Crippen molar-refractivity contribution in [2.45, 2.75) is 18.2 Å². The number of pyridine rings is 1. The molecule has 0 fully saturated rings. The lowest BCUT2D eigenvalue weighted by molar-refractivity contribution is 0.886. The van der Waals surface area contributed by atoms with Crippen LogP contribution >= 0.6 is 12.6 Å². The highest BCUT2D eigenvalue weighted by Gasteiger charge is 2.13. The van der Waals surface area contributed by atoms with E-state index in [0.717, 1.165) is 38.8 Å². The number of aromatic nitrogens is 3. The van der Waals surface area contributed by atoms with Crippen LogP contribution in [0.15, 0.2) is 84.1 Å². The zero-order valence-electron chi connectivity index (χ0n) is 16.0. The van der Waals surface area contributed by atoms with Gasteiger partial charge in [-0.15, -0.1) is 12.6 Å². The molecule has 5 nitrogen and oxygen atoms in total. The second-order valence-corrected chi connectivity index (χ2v) is 7.12. The summed E-state index contributed by atoms with van der Waals surface area (Å²) in [6.07, 6.45) is 5.97. The van der Waals surface area contributed by atoms with Gasteiger partial charge in [0.1, 0.15) is 0 Å². The molecular weight excluding hydrogens is 378 g/mol. The van der Waals surface area contributed by atoms with Gasteiger partial charge in [0, 0.05) is 33.6 Å². The van der Waals surface area contributed by atoms with Gasteiger partial charge in [0.25, 0.3) is 0 Å². The van der Waals surface area contributed by atoms with Gasteiger partial charge in [0.2, 0.25) is 0 Å². The summed E-state index contributed by atoms with van der Waals surface area (Å²) in [7, 11) is 0. The standard InChI is InChI=1S/C23H21N5S/c1-2-21(24)20-10-5-16(14-22(20)27-17-4-3-12-25-15-17)23-11-13-26-28(23)18-6-8-19(29)9-7-18/h3-15,24,27,29H,2H2,1H3. The Kier molecular flexibility index (Phi) is 5.44. The summed E-state index contributed by atoms with van der Waals surface area (Å²) in [5, 5.41) is 16.3. The van der Waals surface area contributed by atoms with E-state index >= 15 is 0 Å². The molecule has 2 N–H and O–H groups in total. The molecule has 0 atom stereocenters. The Morgan fingerprint density at radius 1 is 1.07 bits per heavy atom. The predicted molar refractivity (Wildman–Crippen MR) is 121 cm³/mol. The fourth-order valence-corrected chi connectivity index (χ4v) is 3.32. The van der Waals surface area contributed by atoms with Crippen molar-refractivity contribution in [3.05, 3.63) is 84.8 Å². The summed E-state index contributed by atoms with van der Waals surface area (Å²) in [6, 6.07) is 19.8. The summed E-state index contributed by atoms with van der Waals surface area (Å²) in [6.45, 7) is 1.99. The van der Waals surface area contributed by atoms with Crippen LogP contribution in [-0.2, 0) is 0 Å². The summed E-state index contributed by atoms with van der Waals surface area (Å²) >= 11 is 4.36. The number of hydrogen-bond acceptors (Lipinski definition) is 5. The predicted octanol–water partition coefficient (Wildman–Crippen LogP) is 5.74. The van der Waals surface area contributed by atoms with E-state index < -0.39 is 0 Å². The Balaban J connectivity index is 1.78. The lowest BCUT2D eigenvalue weighted by Crippen LogP contribution is -2.04. The Morgan fingerprint density at radius 2 is 1.90 bits per heavy atom. The van der Waals surface area contributed by atoms with E-state index in [1.54, 1.807) is 18.6 Å². The third-order valence-electron chi connectivity index (χ3n) is 4.67. The largest absolute Gasteiger partial charge is 0.354 e. The summed E-state index contributed by atoms with van der Waals surface area (Å²) < 4.78 is 1.90. The normalized spacial score (nSPS) is 10.7. The zero-order chi connectivity index (χ0) is 20.2. The fourth-order valence-electron chi connectivity index (χ4n) is 3.17. The van der Waals surface area contributed by atoms with Gasteiger partial charge in [-0.3, -0.25) is 4.98 Å². The van der Waals surface area contributed by atoms with Crippen LogP contribution in [0.4, 0.5) is 11.4 Å². The molecule has 4 aromatic rings. The van der Waals surface area contributed by atoms with Crippen molar-refractivity contribution in [3.8, 4) is 16.9 Å². The molecule has 0 spiro atoms. The second-order valence-electron chi connectivity index (χ2n) is 6.60. The first-order chi connectivity index (χ1) is 14.2. The van der Waals surface area contributed by atoms with E-state index in [2.05, 4.69) is 34.1 Å². The molecule has 0 amide bonds. The smallest absolute Gasteiger partial charge is 0.0741 e. The average Bonchev–Trinajstić information content (AvgIpc) is 3.24. The van der Waals surface area contributed by atoms with Gasteiger partial charge in [0.15, 0.2) is 0 Å². The van der Waals surface area contributed by atoms with E-state index in [0.29, 0.717) is 12.1 Å². The van der Waals surface area contributed by atoms with Crippen molar-refractivity contribution in [1.29, 1.82) is 5.41 Å². The maximum absolute atomic E-state index is 8.35. The van der Waals surface area contributed by atoms with Gasteiger partial charge in [-0.25, -0.2) is 4.68 Å². The summed E-state index contributed by atoms with van der Waals surface area (Å²) in [4.78, 5) is 5.08. The lowest BCUT2D eigenvalue weighted by atomic mass is 10.0. The Labute approximate surface area is 175 Å².